The molecule has 1 aromatic rings. The smallest absolute Gasteiger partial charge is 0.234 e. The number of fused-ring (bicyclic) bond motifs is 1. The van der Waals surface area contributed by atoms with Crippen LogP contribution in [0.2, 0.25) is 0 Å². The van der Waals surface area contributed by atoms with Gasteiger partial charge in [0.05, 0.1) is 24.1 Å². The van der Waals surface area contributed by atoms with Gasteiger partial charge in [-0.05, 0) is 42.9 Å². The topological polar surface area (TPSA) is 66.5 Å². The SMILES string of the molecule is CN(CC(=O)NC1CCC(C)(C)c2ccccc21)C1CCS(=O)(=O)C1. The molecule has 2 unspecified atom stereocenters. The first-order valence-corrected chi connectivity index (χ1v) is 10.8. The van der Waals surface area contributed by atoms with Crippen LogP contribution in [0.5, 0.6) is 0 Å². The van der Waals surface area contributed by atoms with Crippen molar-refractivity contribution in [3.63, 3.8) is 0 Å². The molecular formula is C19H28N2O3S. The number of hydrogen-bond acceptors (Lipinski definition) is 4. The summed E-state index contributed by atoms with van der Waals surface area (Å²) < 4.78 is 23.2. The van der Waals surface area contributed by atoms with E-state index in [-0.39, 0.29) is 41.5 Å². The lowest BCUT2D eigenvalue weighted by Gasteiger charge is -2.37. The fraction of sp³-hybridized carbons (Fsp3) is 0.632. The Morgan fingerprint density at radius 1 is 1.28 bits per heavy atom. The maximum Gasteiger partial charge on any atom is 0.234 e. The molecule has 0 spiro atoms. The van der Waals surface area contributed by atoms with Crippen LogP contribution in [0.15, 0.2) is 24.3 Å². The first-order valence-electron chi connectivity index (χ1n) is 8.97. The molecule has 1 aliphatic carbocycles. The summed E-state index contributed by atoms with van der Waals surface area (Å²) in [4.78, 5) is 14.4. The van der Waals surface area contributed by atoms with Crippen LogP contribution in [0, 0.1) is 0 Å². The Morgan fingerprint density at radius 3 is 2.68 bits per heavy atom. The predicted octanol–water partition coefficient (Wildman–Crippen LogP) is 2.03. The number of sulfone groups is 1. The molecule has 0 radical (unpaired) electrons. The lowest BCUT2D eigenvalue weighted by atomic mass is 9.71. The van der Waals surface area contributed by atoms with Crippen molar-refractivity contribution < 1.29 is 13.2 Å². The van der Waals surface area contributed by atoms with Crippen LogP contribution in [-0.4, -0.2) is 50.4 Å². The van der Waals surface area contributed by atoms with Crippen LogP contribution in [0.25, 0.3) is 0 Å². The van der Waals surface area contributed by atoms with E-state index in [1.165, 1.54) is 11.1 Å². The van der Waals surface area contributed by atoms with Crippen molar-refractivity contribution in [2.75, 3.05) is 25.1 Å². The zero-order valence-corrected chi connectivity index (χ0v) is 16.1. The Kier molecular flexibility index (Phi) is 4.95. The normalized spacial score (nSPS) is 27.0. The highest BCUT2D eigenvalue weighted by Gasteiger charge is 2.34. The summed E-state index contributed by atoms with van der Waals surface area (Å²) in [5.74, 6) is 0.359. The van der Waals surface area contributed by atoms with Crippen molar-refractivity contribution in [2.45, 2.75) is 50.6 Å². The molecule has 1 amide bonds. The second kappa shape index (κ2) is 6.72. The Bertz CT molecular complexity index is 758. The highest BCUT2D eigenvalue weighted by atomic mass is 32.2. The quantitative estimate of drug-likeness (QED) is 0.888. The van der Waals surface area contributed by atoms with Gasteiger partial charge >= 0.3 is 0 Å². The van der Waals surface area contributed by atoms with Crippen molar-refractivity contribution in [1.29, 1.82) is 0 Å². The van der Waals surface area contributed by atoms with Gasteiger partial charge in [-0.15, -0.1) is 0 Å². The van der Waals surface area contributed by atoms with Crippen LogP contribution in [0.3, 0.4) is 0 Å². The van der Waals surface area contributed by atoms with Crippen molar-refractivity contribution in [3.8, 4) is 0 Å². The largest absolute Gasteiger partial charge is 0.348 e. The average molecular weight is 365 g/mol. The van der Waals surface area contributed by atoms with Gasteiger partial charge in [0.2, 0.25) is 5.91 Å². The van der Waals surface area contributed by atoms with Gasteiger partial charge < -0.3 is 5.32 Å². The lowest BCUT2D eigenvalue weighted by Crippen LogP contribution is -2.43. The van der Waals surface area contributed by atoms with E-state index in [2.05, 4.69) is 37.4 Å². The molecule has 1 saturated heterocycles. The summed E-state index contributed by atoms with van der Waals surface area (Å²) in [6, 6.07) is 8.33. The number of rotatable bonds is 4. The molecule has 25 heavy (non-hydrogen) atoms. The van der Waals surface area contributed by atoms with Gasteiger partial charge in [0.25, 0.3) is 0 Å². The first kappa shape index (κ1) is 18.4. The number of likely N-dealkylation sites (N-methyl/N-ethyl adjacent to an activating group) is 1. The minimum absolute atomic E-state index is 0.0358. The standard InChI is InChI=1S/C19H28N2O3S/c1-19(2)10-8-17(15-6-4-5-7-16(15)19)20-18(22)12-21(3)14-9-11-25(23,24)13-14/h4-7,14,17H,8-13H2,1-3H3,(H,20,22). The van der Waals surface area contributed by atoms with E-state index < -0.39 is 9.84 Å². The fourth-order valence-electron chi connectivity index (χ4n) is 4.08. The molecule has 1 aromatic carbocycles. The molecule has 0 aromatic heterocycles. The fourth-order valence-corrected chi connectivity index (χ4v) is 5.89. The summed E-state index contributed by atoms with van der Waals surface area (Å²) in [5, 5.41) is 3.16. The lowest BCUT2D eigenvalue weighted by molar-refractivity contribution is -0.123. The van der Waals surface area contributed by atoms with E-state index in [1.807, 2.05) is 18.0 Å². The van der Waals surface area contributed by atoms with Crippen LogP contribution >= 0.6 is 0 Å². The van der Waals surface area contributed by atoms with Crippen molar-refractivity contribution in [2.24, 2.45) is 0 Å². The minimum Gasteiger partial charge on any atom is -0.348 e. The molecule has 0 saturated carbocycles. The van der Waals surface area contributed by atoms with Gasteiger partial charge in [0, 0.05) is 6.04 Å². The molecule has 1 aliphatic heterocycles. The van der Waals surface area contributed by atoms with Gasteiger partial charge in [0.15, 0.2) is 9.84 Å². The molecule has 1 N–H and O–H groups in total. The number of carbonyl (C=O) groups is 1. The van der Waals surface area contributed by atoms with Crippen molar-refractivity contribution in [1.82, 2.24) is 10.2 Å². The first-order chi connectivity index (χ1) is 11.7. The summed E-state index contributed by atoms with van der Waals surface area (Å²) in [6.07, 6.45) is 2.58. The Morgan fingerprint density at radius 2 is 2.00 bits per heavy atom. The van der Waals surface area contributed by atoms with E-state index in [4.69, 9.17) is 0 Å². The van der Waals surface area contributed by atoms with E-state index >= 15 is 0 Å². The van der Waals surface area contributed by atoms with Gasteiger partial charge in [0.1, 0.15) is 0 Å². The zero-order valence-electron chi connectivity index (χ0n) is 15.3. The van der Waals surface area contributed by atoms with Crippen molar-refractivity contribution >= 4 is 15.7 Å². The maximum absolute atomic E-state index is 12.5. The third-order valence-corrected chi connectivity index (χ3v) is 7.43. The maximum atomic E-state index is 12.5. The molecule has 3 rings (SSSR count). The molecule has 1 heterocycles. The number of nitrogens with one attached hydrogen (secondary N) is 1. The molecule has 138 valence electrons. The van der Waals surface area contributed by atoms with Crippen LogP contribution in [0.4, 0.5) is 0 Å². The second-order valence-corrected chi connectivity index (χ2v) is 10.3. The molecule has 1 fully saturated rings. The monoisotopic (exact) mass is 364 g/mol. The van der Waals surface area contributed by atoms with Gasteiger partial charge in [-0.25, -0.2) is 8.42 Å². The summed E-state index contributed by atoms with van der Waals surface area (Å²) in [7, 11) is -1.09. The second-order valence-electron chi connectivity index (χ2n) is 8.10. The molecular weight excluding hydrogens is 336 g/mol. The van der Waals surface area contributed by atoms with Gasteiger partial charge in [-0.3, -0.25) is 9.69 Å². The molecule has 6 heteroatoms. The molecule has 2 atom stereocenters. The number of hydrogen-bond donors (Lipinski definition) is 1. The molecule has 0 bridgehead atoms. The van der Waals surface area contributed by atoms with E-state index in [0.29, 0.717) is 6.42 Å². The van der Waals surface area contributed by atoms with Crippen LogP contribution in [0.1, 0.15) is 50.3 Å². The number of carbonyl (C=O) groups excluding carboxylic acids is 1. The molecule has 5 nitrogen and oxygen atoms in total. The number of amides is 1. The van der Waals surface area contributed by atoms with E-state index in [0.717, 1.165) is 12.8 Å². The summed E-state index contributed by atoms with van der Waals surface area (Å²) >= 11 is 0. The average Bonchev–Trinajstić information content (AvgIpc) is 2.91. The number of benzene rings is 1. The minimum atomic E-state index is -2.93. The van der Waals surface area contributed by atoms with E-state index in [9.17, 15) is 13.2 Å². The Balaban J connectivity index is 1.64. The Labute approximate surface area is 150 Å². The summed E-state index contributed by atoms with van der Waals surface area (Å²) in [5.41, 5.74) is 2.65. The summed E-state index contributed by atoms with van der Waals surface area (Å²) in [6.45, 7) is 4.73. The zero-order chi connectivity index (χ0) is 18.2. The highest BCUT2D eigenvalue weighted by Crippen LogP contribution is 2.41. The third-order valence-electron chi connectivity index (χ3n) is 5.68. The molecule has 2 aliphatic rings. The Hall–Kier alpha value is -1.40. The number of nitrogens with zero attached hydrogens (tertiary/aromatic N) is 1. The van der Waals surface area contributed by atoms with Crippen LogP contribution < -0.4 is 5.32 Å². The van der Waals surface area contributed by atoms with Gasteiger partial charge in [-0.2, -0.15) is 0 Å². The third kappa shape index (κ3) is 4.06. The van der Waals surface area contributed by atoms with E-state index in [1.54, 1.807) is 0 Å². The van der Waals surface area contributed by atoms with Gasteiger partial charge in [-0.1, -0.05) is 38.1 Å². The van der Waals surface area contributed by atoms with Crippen molar-refractivity contribution in [3.05, 3.63) is 35.4 Å². The van der Waals surface area contributed by atoms with Crippen LogP contribution in [-0.2, 0) is 20.0 Å². The predicted molar refractivity (Wildman–Crippen MR) is 99.3 cm³/mol. The highest BCUT2D eigenvalue weighted by molar-refractivity contribution is 7.91.